The molecule has 0 aliphatic rings. The zero-order valence-electron chi connectivity index (χ0n) is 11.0. The van der Waals surface area contributed by atoms with Crippen LogP contribution in [0.3, 0.4) is 0 Å². The number of hydrogen-bond donors (Lipinski definition) is 1. The third-order valence-corrected chi connectivity index (χ3v) is 2.91. The van der Waals surface area contributed by atoms with Gasteiger partial charge in [0.1, 0.15) is 5.56 Å². The van der Waals surface area contributed by atoms with Gasteiger partial charge in [0, 0.05) is 13.1 Å². The van der Waals surface area contributed by atoms with Gasteiger partial charge in [0.2, 0.25) is 0 Å². The van der Waals surface area contributed by atoms with E-state index in [2.05, 4.69) is 0 Å². The van der Waals surface area contributed by atoms with E-state index >= 15 is 0 Å². The zero-order valence-corrected chi connectivity index (χ0v) is 11.0. The molecule has 0 aliphatic carbocycles. The van der Waals surface area contributed by atoms with Crippen molar-refractivity contribution in [2.75, 3.05) is 12.8 Å². The molecule has 1 amide bonds. The lowest BCUT2D eigenvalue weighted by Gasteiger charge is -2.23. The van der Waals surface area contributed by atoms with Crippen LogP contribution in [0.4, 0.5) is 15.8 Å². The van der Waals surface area contributed by atoms with E-state index in [1.54, 1.807) is 6.92 Å². The average molecular weight is 280 g/mol. The molecule has 8 heteroatoms. The van der Waals surface area contributed by atoms with Gasteiger partial charge in [0.15, 0.2) is 5.82 Å². The molecule has 20 heavy (non-hydrogen) atoms. The van der Waals surface area contributed by atoms with Crippen molar-refractivity contribution >= 4 is 17.3 Å². The number of nitriles is 1. The normalized spacial score (nSPS) is 11.5. The average Bonchev–Trinajstić information content (AvgIpc) is 2.39. The minimum atomic E-state index is -0.957. The molecule has 1 aromatic rings. The number of nitrogens with two attached hydrogens (primary N) is 1. The maximum absolute atomic E-state index is 13.3. The van der Waals surface area contributed by atoms with E-state index in [0.29, 0.717) is 6.07 Å². The maximum Gasteiger partial charge on any atom is 0.285 e. The quantitative estimate of drug-likeness (QED) is 0.512. The number of benzene rings is 1. The molecule has 0 spiro atoms. The van der Waals surface area contributed by atoms with Crippen LogP contribution in [0.2, 0.25) is 0 Å². The number of nitro benzene ring substituents is 1. The summed E-state index contributed by atoms with van der Waals surface area (Å²) in [5.74, 6) is -1.65. The first-order valence-electron chi connectivity index (χ1n) is 5.67. The smallest absolute Gasteiger partial charge is 0.285 e. The van der Waals surface area contributed by atoms with Gasteiger partial charge in [-0.2, -0.15) is 5.26 Å². The molecule has 0 aromatic heterocycles. The molecular weight excluding hydrogens is 267 g/mol. The number of halogens is 1. The van der Waals surface area contributed by atoms with Gasteiger partial charge in [-0.15, -0.1) is 0 Å². The molecule has 0 fully saturated rings. The van der Waals surface area contributed by atoms with Crippen LogP contribution >= 0.6 is 0 Å². The number of anilines is 1. The second-order valence-corrected chi connectivity index (χ2v) is 4.28. The van der Waals surface area contributed by atoms with Crippen LogP contribution in [0.25, 0.3) is 0 Å². The highest BCUT2D eigenvalue weighted by atomic mass is 19.1. The van der Waals surface area contributed by atoms with E-state index in [0.717, 1.165) is 6.07 Å². The number of nitrogen functional groups attached to an aromatic ring is 1. The van der Waals surface area contributed by atoms with Gasteiger partial charge < -0.3 is 10.6 Å². The third-order valence-electron chi connectivity index (χ3n) is 2.91. The number of nitrogens with zero attached hydrogens (tertiary/aromatic N) is 3. The first-order valence-corrected chi connectivity index (χ1v) is 5.67. The summed E-state index contributed by atoms with van der Waals surface area (Å²) in [6.45, 7) is 1.62. The van der Waals surface area contributed by atoms with Crippen LogP contribution < -0.4 is 5.73 Å². The van der Waals surface area contributed by atoms with Crippen LogP contribution in [-0.2, 0) is 0 Å². The molecule has 1 rings (SSSR count). The first-order chi connectivity index (χ1) is 9.29. The number of carbonyl (C=O) groups is 1. The second kappa shape index (κ2) is 5.97. The van der Waals surface area contributed by atoms with E-state index in [4.69, 9.17) is 11.0 Å². The van der Waals surface area contributed by atoms with Gasteiger partial charge in [-0.1, -0.05) is 0 Å². The summed E-state index contributed by atoms with van der Waals surface area (Å²) < 4.78 is 13.3. The Morgan fingerprint density at radius 3 is 2.75 bits per heavy atom. The molecular formula is C12H13FN4O3. The predicted octanol–water partition coefficient (Wildman–Crippen LogP) is 1.69. The fourth-order valence-corrected chi connectivity index (χ4v) is 1.56. The number of hydrogen-bond acceptors (Lipinski definition) is 5. The maximum atomic E-state index is 13.3. The van der Waals surface area contributed by atoms with E-state index in [-0.39, 0.29) is 17.7 Å². The number of amides is 1. The molecule has 1 atom stereocenters. The van der Waals surface area contributed by atoms with E-state index < -0.39 is 28.4 Å². The van der Waals surface area contributed by atoms with Gasteiger partial charge in [0.25, 0.3) is 11.6 Å². The van der Waals surface area contributed by atoms with Gasteiger partial charge >= 0.3 is 0 Å². The van der Waals surface area contributed by atoms with Gasteiger partial charge in [-0.05, 0) is 13.0 Å². The van der Waals surface area contributed by atoms with Crippen molar-refractivity contribution in [1.82, 2.24) is 4.90 Å². The Kier molecular flexibility index (Phi) is 4.59. The molecule has 0 radical (unpaired) electrons. The van der Waals surface area contributed by atoms with Gasteiger partial charge in [-0.3, -0.25) is 14.9 Å². The lowest BCUT2D eigenvalue weighted by atomic mass is 10.1. The third kappa shape index (κ3) is 3.00. The summed E-state index contributed by atoms with van der Waals surface area (Å²) in [6, 6.07) is 3.02. The van der Waals surface area contributed by atoms with Crippen molar-refractivity contribution in [1.29, 1.82) is 5.26 Å². The second-order valence-electron chi connectivity index (χ2n) is 4.28. The van der Waals surface area contributed by atoms with Gasteiger partial charge in [-0.25, -0.2) is 4.39 Å². The van der Waals surface area contributed by atoms with Crippen molar-refractivity contribution in [2.45, 2.75) is 19.4 Å². The monoisotopic (exact) mass is 280 g/mol. The molecule has 0 heterocycles. The summed E-state index contributed by atoms with van der Waals surface area (Å²) in [5, 5.41) is 19.5. The minimum Gasteiger partial charge on any atom is -0.396 e. The topological polar surface area (TPSA) is 113 Å². The van der Waals surface area contributed by atoms with Crippen LogP contribution in [0.1, 0.15) is 23.7 Å². The standard InChI is InChI=1S/C12H13FN4O3/c1-7(3-4-14)16(2)12(18)8-5-10(15)9(13)6-11(8)17(19)20/h5-7H,3,15H2,1-2H3. The van der Waals surface area contributed by atoms with E-state index in [1.165, 1.54) is 11.9 Å². The highest BCUT2D eigenvalue weighted by Gasteiger charge is 2.27. The fourth-order valence-electron chi connectivity index (χ4n) is 1.56. The van der Waals surface area contributed by atoms with Crippen molar-refractivity contribution in [2.24, 2.45) is 0 Å². The fraction of sp³-hybridized carbons (Fsp3) is 0.333. The van der Waals surface area contributed by atoms with Crippen molar-refractivity contribution in [3.05, 3.63) is 33.6 Å². The van der Waals surface area contributed by atoms with Crippen LogP contribution in [-0.4, -0.2) is 28.8 Å². The Balaban J connectivity index is 3.25. The Bertz CT molecular complexity index is 597. The molecule has 0 saturated heterocycles. The molecule has 2 N–H and O–H groups in total. The zero-order chi connectivity index (χ0) is 15.4. The molecule has 106 valence electrons. The van der Waals surface area contributed by atoms with Crippen LogP contribution in [0, 0.1) is 27.3 Å². The summed E-state index contributed by atoms with van der Waals surface area (Å²) in [5.41, 5.74) is 4.04. The van der Waals surface area contributed by atoms with E-state index in [1.807, 2.05) is 6.07 Å². The largest absolute Gasteiger partial charge is 0.396 e. The molecule has 0 aliphatic heterocycles. The summed E-state index contributed by atoms with van der Waals surface area (Å²) >= 11 is 0. The molecule has 1 aromatic carbocycles. The summed E-state index contributed by atoms with van der Waals surface area (Å²) in [4.78, 5) is 23.4. The Morgan fingerprint density at radius 1 is 1.65 bits per heavy atom. The van der Waals surface area contributed by atoms with E-state index in [9.17, 15) is 19.3 Å². The van der Waals surface area contributed by atoms with Crippen molar-refractivity contribution < 1.29 is 14.1 Å². The van der Waals surface area contributed by atoms with Crippen molar-refractivity contribution in [3.8, 4) is 6.07 Å². The predicted molar refractivity (Wildman–Crippen MR) is 69.3 cm³/mol. The summed E-state index contributed by atoms with van der Waals surface area (Å²) in [7, 11) is 1.41. The number of rotatable bonds is 4. The number of carbonyl (C=O) groups excluding carboxylic acids is 1. The minimum absolute atomic E-state index is 0.0761. The Labute approximate surface area is 114 Å². The SMILES string of the molecule is CC(CC#N)N(C)C(=O)c1cc(N)c(F)cc1[N+](=O)[O-]. The number of nitro groups is 1. The highest BCUT2D eigenvalue weighted by molar-refractivity contribution is 5.99. The molecule has 0 saturated carbocycles. The Morgan fingerprint density at radius 2 is 2.25 bits per heavy atom. The van der Waals surface area contributed by atoms with Crippen molar-refractivity contribution in [3.63, 3.8) is 0 Å². The molecule has 0 bridgehead atoms. The molecule has 7 nitrogen and oxygen atoms in total. The first kappa shape index (κ1) is 15.4. The lowest BCUT2D eigenvalue weighted by molar-refractivity contribution is -0.385. The lowest BCUT2D eigenvalue weighted by Crippen LogP contribution is -2.35. The Hall–Kier alpha value is -2.69. The van der Waals surface area contributed by atoms with Crippen LogP contribution in [0.15, 0.2) is 12.1 Å². The summed E-state index contributed by atoms with van der Waals surface area (Å²) in [6.07, 6.45) is 0.0761. The molecule has 1 unspecified atom stereocenters. The van der Waals surface area contributed by atoms with Crippen LogP contribution in [0.5, 0.6) is 0 Å². The van der Waals surface area contributed by atoms with Gasteiger partial charge in [0.05, 0.1) is 29.2 Å². The highest BCUT2D eigenvalue weighted by Crippen LogP contribution is 2.26.